The lowest BCUT2D eigenvalue weighted by Crippen LogP contribution is -2.31. The van der Waals surface area contributed by atoms with Gasteiger partial charge in [0.1, 0.15) is 24.4 Å². The van der Waals surface area contributed by atoms with E-state index in [2.05, 4.69) is 21.9 Å². The van der Waals surface area contributed by atoms with Crippen molar-refractivity contribution < 1.29 is 32.0 Å². The minimum absolute atomic E-state index is 0.0130. The Morgan fingerprint density at radius 1 is 1.42 bits per heavy atom. The Labute approximate surface area is 179 Å². The van der Waals surface area contributed by atoms with Crippen LogP contribution in [0.25, 0.3) is 0 Å². The van der Waals surface area contributed by atoms with Crippen LogP contribution >= 0.6 is 0 Å². The highest BCUT2D eigenvalue weighted by Gasteiger charge is 2.37. The lowest BCUT2D eigenvalue weighted by Gasteiger charge is -2.15. The van der Waals surface area contributed by atoms with Gasteiger partial charge in [-0.2, -0.15) is 13.1 Å². The Hall–Kier alpha value is -2.64. The highest BCUT2D eigenvalue weighted by Crippen LogP contribution is 2.29. The zero-order valence-electron chi connectivity index (χ0n) is 17.0. The third-order valence-electron chi connectivity index (χ3n) is 4.90. The summed E-state index contributed by atoms with van der Waals surface area (Å²) in [5.41, 5.74) is 1.02. The van der Waals surface area contributed by atoms with Gasteiger partial charge in [-0.25, -0.2) is 9.97 Å². The van der Waals surface area contributed by atoms with E-state index in [1.165, 1.54) is 31.9 Å². The molecule has 11 nitrogen and oxygen atoms in total. The molecule has 0 radical (unpaired) electrons. The molecule has 12 heteroatoms. The Morgan fingerprint density at radius 2 is 2.16 bits per heavy atom. The largest absolute Gasteiger partial charge is 0.460 e. The first kappa shape index (κ1) is 23.0. The minimum Gasteiger partial charge on any atom is -0.460 e. The van der Waals surface area contributed by atoms with E-state index in [9.17, 15) is 23.4 Å². The summed E-state index contributed by atoms with van der Waals surface area (Å²) in [6.07, 6.45) is 1.31. The van der Waals surface area contributed by atoms with Crippen molar-refractivity contribution >= 4 is 21.9 Å². The average Bonchev–Trinajstić information content (AvgIpc) is 3.34. The molecule has 4 atom stereocenters. The summed E-state index contributed by atoms with van der Waals surface area (Å²) in [6, 6.07) is 1.02. The van der Waals surface area contributed by atoms with Gasteiger partial charge in [0.05, 0.1) is 17.9 Å². The van der Waals surface area contributed by atoms with Crippen molar-refractivity contribution in [1.82, 2.24) is 14.7 Å². The van der Waals surface area contributed by atoms with Crippen LogP contribution < -0.4 is 10.0 Å². The number of nitrogens with one attached hydrogen (secondary N) is 2. The normalized spacial score (nSPS) is 22.3. The molecule has 1 aliphatic carbocycles. The maximum absolute atomic E-state index is 12.9. The van der Waals surface area contributed by atoms with Crippen molar-refractivity contribution in [3.05, 3.63) is 53.9 Å². The number of nitrogens with zero attached hydrogens (tertiary/aromatic N) is 2. The molecule has 0 spiro atoms. The van der Waals surface area contributed by atoms with Gasteiger partial charge in [0.15, 0.2) is 5.76 Å². The Balaban J connectivity index is 1.75. The molecule has 2 aromatic heterocycles. The van der Waals surface area contributed by atoms with Gasteiger partial charge in [-0.15, -0.1) is 0 Å². The van der Waals surface area contributed by atoms with Gasteiger partial charge in [-0.1, -0.05) is 6.58 Å². The first-order valence-corrected chi connectivity index (χ1v) is 10.8. The molecule has 1 saturated carbocycles. The van der Waals surface area contributed by atoms with Crippen LogP contribution in [0.5, 0.6) is 0 Å². The zero-order chi connectivity index (χ0) is 22.8. The van der Waals surface area contributed by atoms with E-state index >= 15 is 0 Å². The SMILES string of the molecule is C=C(C)[C@@H](O)c1coc(C(=O)c2cncnc2N[C@@H]2C[C@H](O)[C@H](OS(=O)(=O)NC)C2)c1. The van der Waals surface area contributed by atoms with E-state index in [4.69, 9.17) is 8.60 Å². The number of ketones is 1. The van der Waals surface area contributed by atoms with Gasteiger partial charge >= 0.3 is 10.3 Å². The number of aromatic nitrogens is 2. The molecule has 1 fully saturated rings. The molecule has 0 bridgehead atoms. The fourth-order valence-corrected chi connectivity index (χ4v) is 3.87. The lowest BCUT2D eigenvalue weighted by atomic mass is 10.1. The molecule has 168 valence electrons. The minimum atomic E-state index is -3.96. The van der Waals surface area contributed by atoms with Crippen LogP contribution in [0.4, 0.5) is 5.82 Å². The standard InChI is InChI=1S/C19H24N4O7S/c1-10(2)17(25)11-4-16(29-8-11)18(26)13-7-21-9-22-19(13)23-12-5-14(24)15(6-12)30-31(27,28)20-3/h4,7-9,12,14-15,17,20,24-25H,1,5-6H2,2-3H3,(H,21,22,23)/t12-,14+,15-,17-/m1/s1. The molecule has 0 saturated heterocycles. The predicted octanol–water partition coefficient (Wildman–Crippen LogP) is 0.695. The van der Waals surface area contributed by atoms with Crippen molar-refractivity contribution in [2.75, 3.05) is 12.4 Å². The Bertz CT molecular complexity index is 1070. The number of aliphatic hydroxyl groups is 2. The molecule has 0 amide bonds. The van der Waals surface area contributed by atoms with Crippen molar-refractivity contribution in [3.8, 4) is 0 Å². The summed E-state index contributed by atoms with van der Waals surface area (Å²) in [7, 11) is -2.75. The molecule has 0 aliphatic heterocycles. The smallest absolute Gasteiger partial charge is 0.335 e. The molecule has 2 heterocycles. The molecule has 0 unspecified atom stereocenters. The van der Waals surface area contributed by atoms with Gasteiger partial charge in [-0.05, 0) is 31.4 Å². The Kier molecular flexibility index (Phi) is 6.86. The summed E-state index contributed by atoms with van der Waals surface area (Å²) < 4.78 is 35.5. The molecular weight excluding hydrogens is 428 g/mol. The van der Waals surface area contributed by atoms with Gasteiger partial charge in [0.2, 0.25) is 5.78 Å². The third-order valence-corrected chi connectivity index (χ3v) is 5.90. The second-order valence-corrected chi connectivity index (χ2v) is 8.79. The molecule has 4 N–H and O–H groups in total. The van der Waals surface area contributed by atoms with E-state index in [-0.39, 0.29) is 30.0 Å². The number of carbonyl (C=O) groups is 1. The second kappa shape index (κ2) is 9.24. The van der Waals surface area contributed by atoms with Gasteiger partial charge in [-0.3, -0.25) is 8.98 Å². The van der Waals surface area contributed by atoms with Gasteiger partial charge in [0.25, 0.3) is 0 Å². The van der Waals surface area contributed by atoms with Crippen molar-refractivity contribution in [2.24, 2.45) is 0 Å². The maximum atomic E-state index is 12.9. The van der Waals surface area contributed by atoms with E-state index < -0.39 is 40.4 Å². The zero-order valence-corrected chi connectivity index (χ0v) is 17.8. The fourth-order valence-electron chi connectivity index (χ4n) is 3.24. The number of aliphatic hydroxyl groups excluding tert-OH is 2. The molecule has 0 aromatic carbocycles. The summed E-state index contributed by atoms with van der Waals surface area (Å²) in [5.74, 6) is -0.318. The maximum Gasteiger partial charge on any atom is 0.335 e. The van der Waals surface area contributed by atoms with E-state index in [0.717, 1.165) is 0 Å². The highest BCUT2D eigenvalue weighted by atomic mass is 32.2. The number of hydrogen-bond donors (Lipinski definition) is 4. The van der Waals surface area contributed by atoms with Gasteiger partial charge in [0, 0.05) is 24.8 Å². The molecule has 2 aromatic rings. The third kappa shape index (κ3) is 5.35. The molecule has 31 heavy (non-hydrogen) atoms. The van der Waals surface area contributed by atoms with Crippen LogP contribution in [0.2, 0.25) is 0 Å². The number of carbonyl (C=O) groups excluding carboxylic acids is 1. The molecule has 3 rings (SSSR count). The van der Waals surface area contributed by atoms with Crippen LogP contribution in [0.1, 0.15) is 47.6 Å². The van der Waals surface area contributed by atoms with Crippen LogP contribution in [0.15, 0.2) is 41.4 Å². The average molecular weight is 452 g/mol. The van der Waals surface area contributed by atoms with Crippen LogP contribution in [-0.4, -0.2) is 59.7 Å². The van der Waals surface area contributed by atoms with E-state index in [0.29, 0.717) is 11.1 Å². The summed E-state index contributed by atoms with van der Waals surface area (Å²) in [6.45, 7) is 5.33. The predicted molar refractivity (Wildman–Crippen MR) is 109 cm³/mol. The summed E-state index contributed by atoms with van der Waals surface area (Å²) >= 11 is 0. The quantitative estimate of drug-likeness (QED) is 0.314. The van der Waals surface area contributed by atoms with E-state index in [1.54, 1.807) is 6.92 Å². The molecule has 1 aliphatic rings. The first-order chi connectivity index (χ1) is 14.6. The summed E-state index contributed by atoms with van der Waals surface area (Å²) in [4.78, 5) is 20.9. The number of anilines is 1. The van der Waals surface area contributed by atoms with Crippen molar-refractivity contribution in [2.45, 2.75) is 44.1 Å². The Morgan fingerprint density at radius 3 is 2.84 bits per heavy atom. The van der Waals surface area contributed by atoms with Gasteiger partial charge < -0.3 is 19.9 Å². The lowest BCUT2D eigenvalue weighted by molar-refractivity contribution is 0.0636. The molecular formula is C19H24N4O7S. The summed E-state index contributed by atoms with van der Waals surface area (Å²) in [5, 5.41) is 23.3. The number of furan rings is 1. The first-order valence-electron chi connectivity index (χ1n) is 9.44. The second-order valence-electron chi connectivity index (χ2n) is 7.28. The van der Waals surface area contributed by atoms with Crippen LogP contribution in [0.3, 0.4) is 0 Å². The van der Waals surface area contributed by atoms with Crippen LogP contribution in [-0.2, 0) is 14.5 Å². The highest BCUT2D eigenvalue weighted by molar-refractivity contribution is 7.84. The van der Waals surface area contributed by atoms with E-state index in [1.807, 2.05) is 4.72 Å². The fraction of sp³-hybridized carbons (Fsp3) is 0.421. The number of rotatable bonds is 9. The van der Waals surface area contributed by atoms with Crippen molar-refractivity contribution in [3.63, 3.8) is 0 Å². The number of hydrogen-bond acceptors (Lipinski definition) is 10. The van der Waals surface area contributed by atoms with Crippen LogP contribution in [0, 0.1) is 0 Å². The topological polar surface area (TPSA) is 164 Å². The monoisotopic (exact) mass is 452 g/mol. The van der Waals surface area contributed by atoms with Crippen molar-refractivity contribution in [1.29, 1.82) is 0 Å².